The van der Waals surface area contributed by atoms with Crippen LogP contribution in [0, 0.1) is 17.3 Å². The summed E-state index contributed by atoms with van der Waals surface area (Å²) in [5.41, 5.74) is 1.39. The molecule has 0 radical (unpaired) electrons. The minimum atomic E-state index is -0.210. The van der Waals surface area contributed by atoms with Crippen LogP contribution in [0.4, 0.5) is 0 Å². The molecule has 2 nitrogen and oxygen atoms in total. The van der Waals surface area contributed by atoms with Crippen molar-refractivity contribution in [1.29, 1.82) is 0 Å². The summed E-state index contributed by atoms with van der Waals surface area (Å²) in [5, 5.41) is 11.5. The Morgan fingerprint density at radius 1 is 1.32 bits per heavy atom. The van der Waals surface area contributed by atoms with Crippen LogP contribution < -0.4 is 4.74 Å². The van der Waals surface area contributed by atoms with Gasteiger partial charge in [0.05, 0.1) is 12.7 Å². The number of ether oxygens (including phenoxy) is 1. The molecular weight excluding hydrogens is 296 g/mol. The first-order valence-corrected chi connectivity index (χ1v) is 8.59. The third-order valence-corrected chi connectivity index (χ3v) is 5.83. The third kappa shape index (κ3) is 3.18. The van der Waals surface area contributed by atoms with Crippen molar-refractivity contribution in [3.05, 3.63) is 40.9 Å². The monoisotopic (exact) mass is 320 g/mol. The molecule has 120 valence electrons. The summed E-state index contributed by atoms with van der Waals surface area (Å²) >= 11 is 5.90. The smallest absolute Gasteiger partial charge is 0.119 e. The summed E-state index contributed by atoms with van der Waals surface area (Å²) in [6.07, 6.45) is 6.34. The predicted molar refractivity (Wildman–Crippen MR) is 90.3 cm³/mol. The Morgan fingerprint density at radius 2 is 2.05 bits per heavy atom. The van der Waals surface area contributed by atoms with Crippen LogP contribution in [0.15, 0.2) is 35.9 Å². The van der Waals surface area contributed by atoms with Gasteiger partial charge in [-0.3, -0.25) is 0 Å². The van der Waals surface area contributed by atoms with Gasteiger partial charge in [-0.05, 0) is 68.2 Å². The zero-order valence-electron chi connectivity index (χ0n) is 13.4. The summed E-state index contributed by atoms with van der Waals surface area (Å²) in [5.74, 6) is 1.66. The van der Waals surface area contributed by atoms with Crippen molar-refractivity contribution < 1.29 is 9.84 Å². The molecule has 0 aromatic heterocycles. The maximum atomic E-state index is 10.7. The van der Waals surface area contributed by atoms with E-state index in [4.69, 9.17) is 16.3 Å². The zero-order valence-corrected chi connectivity index (χ0v) is 14.1. The average molecular weight is 321 g/mol. The molecule has 2 aliphatic rings. The van der Waals surface area contributed by atoms with E-state index in [1.54, 1.807) is 0 Å². The van der Waals surface area contributed by atoms with Gasteiger partial charge in [-0.15, -0.1) is 0 Å². The van der Waals surface area contributed by atoms with E-state index >= 15 is 0 Å². The fourth-order valence-corrected chi connectivity index (χ4v) is 4.00. The van der Waals surface area contributed by atoms with Gasteiger partial charge in [0.1, 0.15) is 5.75 Å². The summed E-state index contributed by atoms with van der Waals surface area (Å²) in [6.45, 7) is 5.11. The molecule has 4 atom stereocenters. The Hall–Kier alpha value is -0.990. The lowest BCUT2D eigenvalue weighted by Crippen LogP contribution is -2.40. The van der Waals surface area contributed by atoms with Crippen LogP contribution in [0.2, 0.25) is 5.02 Å². The molecule has 0 amide bonds. The molecule has 3 heteroatoms. The lowest BCUT2D eigenvalue weighted by Gasteiger charge is -2.40. The van der Waals surface area contributed by atoms with Gasteiger partial charge >= 0.3 is 0 Å². The minimum absolute atomic E-state index is 0.0409. The Kier molecular flexibility index (Phi) is 4.52. The van der Waals surface area contributed by atoms with E-state index in [9.17, 15) is 5.11 Å². The van der Waals surface area contributed by atoms with Gasteiger partial charge in [0.2, 0.25) is 0 Å². The molecule has 2 aliphatic carbocycles. The van der Waals surface area contributed by atoms with Crippen LogP contribution in [-0.4, -0.2) is 17.8 Å². The van der Waals surface area contributed by atoms with Gasteiger partial charge < -0.3 is 9.84 Å². The fourth-order valence-electron chi connectivity index (χ4n) is 3.87. The van der Waals surface area contributed by atoms with E-state index in [1.807, 2.05) is 24.3 Å². The summed E-state index contributed by atoms with van der Waals surface area (Å²) < 4.78 is 5.95. The summed E-state index contributed by atoms with van der Waals surface area (Å²) in [4.78, 5) is 0. The van der Waals surface area contributed by atoms with E-state index < -0.39 is 0 Å². The largest absolute Gasteiger partial charge is 0.493 e. The molecule has 0 saturated heterocycles. The fraction of sp³-hybridized carbons (Fsp3) is 0.579. The van der Waals surface area contributed by atoms with E-state index in [2.05, 4.69) is 19.9 Å². The van der Waals surface area contributed by atoms with Crippen LogP contribution in [0.3, 0.4) is 0 Å². The molecule has 2 bridgehead atoms. The molecule has 0 heterocycles. The molecule has 0 spiro atoms. The Bertz CT molecular complexity index is 551. The first-order valence-electron chi connectivity index (χ1n) is 8.21. The number of allylic oxidation sites excluding steroid dienone is 1. The van der Waals surface area contributed by atoms with Crippen molar-refractivity contribution in [2.75, 3.05) is 6.61 Å². The van der Waals surface area contributed by atoms with Gasteiger partial charge in [-0.1, -0.05) is 30.2 Å². The summed E-state index contributed by atoms with van der Waals surface area (Å²) in [6, 6.07) is 7.54. The van der Waals surface area contributed by atoms with Crippen LogP contribution >= 0.6 is 11.6 Å². The Labute approximate surface area is 138 Å². The number of fused-ring (bicyclic) bond motifs is 2. The number of hydrogen-bond acceptors (Lipinski definition) is 2. The highest BCUT2D eigenvalue weighted by Gasteiger charge is 2.44. The van der Waals surface area contributed by atoms with Gasteiger partial charge in [0, 0.05) is 10.9 Å². The predicted octanol–water partition coefficient (Wildman–Crippen LogP) is 4.85. The zero-order chi connectivity index (χ0) is 15.7. The second-order valence-corrected chi connectivity index (χ2v) is 7.70. The Morgan fingerprint density at radius 3 is 2.77 bits per heavy atom. The highest BCUT2D eigenvalue weighted by Crippen LogP contribution is 2.48. The molecule has 1 fully saturated rings. The second-order valence-electron chi connectivity index (χ2n) is 7.26. The highest BCUT2D eigenvalue weighted by atomic mass is 35.5. The van der Waals surface area contributed by atoms with Gasteiger partial charge in [0.15, 0.2) is 0 Å². The number of aliphatic hydroxyl groups is 1. The van der Waals surface area contributed by atoms with Crippen LogP contribution in [0.5, 0.6) is 5.75 Å². The van der Waals surface area contributed by atoms with E-state index in [1.165, 1.54) is 5.57 Å². The first-order chi connectivity index (χ1) is 10.5. The van der Waals surface area contributed by atoms with Gasteiger partial charge in [0.25, 0.3) is 0 Å². The number of hydrogen-bond donors (Lipinski definition) is 1. The molecule has 0 unspecified atom stereocenters. The molecule has 1 saturated carbocycles. The SMILES string of the molecule is CC1=CC[C@@]2(C)CC[C@H](COc3ccc(Cl)cc3)C[C@@H]1[C@H]2O. The number of halogens is 1. The normalized spacial score (nSPS) is 34.7. The standard InChI is InChI=1S/C19H25ClO2/c1-13-7-9-19(2)10-8-14(11-17(13)18(19)21)12-22-16-5-3-15(20)4-6-16/h3-7,14,17-18,21H,8-12H2,1-2H3/t14-,17-,18+,19-/m0/s1. The maximum Gasteiger partial charge on any atom is 0.119 e. The lowest BCUT2D eigenvalue weighted by molar-refractivity contribution is -0.00293. The van der Waals surface area contributed by atoms with Crippen molar-refractivity contribution >= 4 is 11.6 Å². The van der Waals surface area contributed by atoms with Crippen LogP contribution in [0.25, 0.3) is 0 Å². The first kappa shape index (κ1) is 15.9. The second kappa shape index (κ2) is 6.25. The van der Waals surface area contributed by atoms with Crippen molar-refractivity contribution in [2.24, 2.45) is 17.3 Å². The molecular formula is C19H25ClO2. The van der Waals surface area contributed by atoms with E-state index in [-0.39, 0.29) is 11.5 Å². The lowest BCUT2D eigenvalue weighted by atomic mass is 9.68. The average Bonchev–Trinajstić information content (AvgIpc) is 2.58. The molecule has 22 heavy (non-hydrogen) atoms. The topological polar surface area (TPSA) is 29.5 Å². The van der Waals surface area contributed by atoms with E-state index in [0.717, 1.165) is 36.5 Å². The minimum Gasteiger partial charge on any atom is -0.493 e. The highest BCUT2D eigenvalue weighted by molar-refractivity contribution is 6.30. The van der Waals surface area contributed by atoms with Crippen LogP contribution in [-0.2, 0) is 0 Å². The molecule has 1 aromatic carbocycles. The molecule has 3 rings (SSSR count). The summed E-state index contributed by atoms with van der Waals surface area (Å²) in [7, 11) is 0. The quantitative estimate of drug-likeness (QED) is 0.806. The van der Waals surface area contributed by atoms with Gasteiger partial charge in [-0.2, -0.15) is 0 Å². The number of benzene rings is 1. The molecule has 1 N–H and O–H groups in total. The number of rotatable bonds is 3. The van der Waals surface area contributed by atoms with Crippen molar-refractivity contribution in [2.45, 2.75) is 45.6 Å². The molecule has 1 aromatic rings. The third-order valence-electron chi connectivity index (χ3n) is 5.58. The Balaban J connectivity index is 1.66. The van der Waals surface area contributed by atoms with Crippen molar-refractivity contribution in [1.82, 2.24) is 0 Å². The van der Waals surface area contributed by atoms with Crippen molar-refractivity contribution in [3.63, 3.8) is 0 Å². The van der Waals surface area contributed by atoms with E-state index in [0.29, 0.717) is 18.4 Å². The van der Waals surface area contributed by atoms with Gasteiger partial charge in [-0.25, -0.2) is 0 Å². The molecule has 0 aliphatic heterocycles. The van der Waals surface area contributed by atoms with Crippen LogP contribution in [0.1, 0.15) is 39.5 Å². The number of aliphatic hydroxyl groups excluding tert-OH is 1. The maximum absolute atomic E-state index is 10.7. The van der Waals surface area contributed by atoms with Crippen molar-refractivity contribution in [3.8, 4) is 5.75 Å².